The standard InChI is InChI=1S/C22H19F4N5O3/c1-12-3-4-13(19-29-18(34-30-19)5-7-21(2,33)22(24,25)26)9-15(12)28-20(32)16-11-27-17-10-14(23)6-8-31(16)17/h3-4,6,8-11,33H,5,7H2,1-2H3,(H,28,32)/t21-/m0/s1. The summed E-state index contributed by atoms with van der Waals surface area (Å²) in [5, 5.41) is 16.1. The number of carbonyl (C=O) groups is 1. The van der Waals surface area contributed by atoms with Gasteiger partial charge in [0.05, 0.1) is 6.20 Å². The number of aryl methyl sites for hydroxylation is 2. The average Bonchev–Trinajstić information content (AvgIpc) is 3.40. The fourth-order valence-corrected chi connectivity index (χ4v) is 3.17. The Balaban J connectivity index is 1.52. The van der Waals surface area contributed by atoms with Crippen LogP contribution in [0.3, 0.4) is 0 Å². The number of hydrogen-bond donors (Lipinski definition) is 2. The number of halogens is 4. The second-order valence-electron chi connectivity index (χ2n) is 7.98. The van der Waals surface area contributed by atoms with Crippen LogP contribution in [0, 0.1) is 12.7 Å². The maximum absolute atomic E-state index is 13.4. The van der Waals surface area contributed by atoms with Crippen molar-refractivity contribution < 1.29 is 32.0 Å². The van der Waals surface area contributed by atoms with Crippen molar-refractivity contribution in [2.45, 2.75) is 38.5 Å². The Kier molecular flexibility index (Phi) is 5.86. The van der Waals surface area contributed by atoms with Gasteiger partial charge in [0.1, 0.15) is 17.2 Å². The van der Waals surface area contributed by atoms with Crippen molar-refractivity contribution in [2.24, 2.45) is 0 Å². The van der Waals surface area contributed by atoms with E-state index in [4.69, 9.17) is 4.52 Å². The monoisotopic (exact) mass is 477 g/mol. The Morgan fingerprint density at radius 1 is 1.24 bits per heavy atom. The van der Waals surface area contributed by atoms with Gasteiger partial charge >= 0.3 is 6.18 Å². The SMILES string of the molecule is Cc1ccc(-c2noc(CC[C@](C)(O)C(F)(F)F)n2)cc1NC(=O)c1cnc2cc(F)ccn12. The van der Waals surface area contributed by atoms with Crippen molar-refractivity contribution in [1.29, 1.82) is 0 Å². The van der Waals surface area contributed by atoms with Crippen LogP contribution in [0.15, 0.2) is 47.2 Å². The molecule has 0 aliphatic rings. The highest BCUT2D eigenvalue weighted by molar-refractivity contribution is 6.04. The first-order chi connectivity index (χ1) is 15.9. The third-order valence-corrected chi connectivity index (χ3v) is 5.36. The maximum Gasteiger partial charge on any atom is 0.416 e. The third-order valence-electron chi connectivity index (χ3n) is 5.36. The number of amides is 1. The Labute approximate surface area is 190 Å². The van der Waals surface area contributed by atoms with Gasteiger partial charge < -0.3 is 14.9 Å². The molecule has 4 aromatic rings. The molecular weight excluding hydrogens is 458 g/mol. The first-order valence-electron chi connectivity index (χ1n) is 10.1. The molecule has 0 aliphatic heterocycles. The number of aliphatic hydroxyl groups is 1. The quantitative estimate of drug-likeness (QED) is 0.401. The van der Waals surface area contributed by atoms with Gasteiger partial charge in [0, 0.05) is 29.9 Å². The van der Waals surface area contributed by atoms with Gasteiger partial charge in [-0.2, -0.15) is 18.2 Å². The molecule has 1 aromatic carbocycles. The minimum Gasteiger partial charge on any atom is -0.381 e. The van der Waals surface area contributed by atoms with Crippen molar-refractivity contribution in [3.05, 3.63) is 65.7 Å². The van der Waals surface area contributed by atoms with Gasteiger partial charge in [0.15, 0.2) is 5.60 Å². The first-order valence-corrected chi connectivity index (χ1v) is 10.1. The van der Waals surface area contributed by atoms with E-state index in [1.54, 1.807) is 25.1 Å². The Morgan fingerprint density at radius 2 is 2.00 bits per heavy atom. The summed E-state index contributed by atoms with van der Waals surface area (Å²) in [6, 6.07) is 7.38. The predicted octanol–water partition coefficient (Wildman–Crippen LogP) is 4.33. The van der Waals surface area contributed by atoms with Crippen LogP contribution in [0.25, 0.3) is 17.0 Å². The number of carbonyl (C=O) groups excluding carboxylic acids is 1. The molecule has 0 unspecified atom stereocenters. The summed E-state index contributed by atoms with van der Waals surface area (Å²) in [6.45, 7) is 2.45. The molecular formula is C22H19F4N5O3. The average molecular weight is 477 g/mol. The Bertz CT molecular complexity index is 1360. The lowest BCUT2D eigenvalue weighted by Crippen LogP contribution is -2.42. The Morgan fingerprint density at radius 3 is 2.74 bits per heavy atom. The molecule has 0 saturated carbocycles. The van der Waals surface area contributed by atoms with Crippen LogP contribution in [0.1, 0.15) is 35.3 Å². The molecule has 12 heteroatoms. The molecule has 1 amide bonds. The van der Waals surface area contributed by atoms with E-state index in [9.17, 15) is 27.5 Å². The highest BCUT2D eigenvalue weighted by Gasteiger charge is 2.49. The van der Waals surface area contributed by atoms with Crippen LogP contribution in [-0.4, -0.2) is 42.3 Å². The normalized spacial score (nSPS) is 13.7. The lowest BCUT2D eigenvalue weighted by molar-refractivity contribution is -0.255. The maximum atomic E-state index is 13.4. The minimum absolute atomic E-state index is 0.0661. The number of fused-ring (bicyclic) bond motifs is 1. The molecule has 8 nitrogen and oxygen atoms in total. The number of benzene rings is 1. The highest BCUT2D eigenvalue weighted by atomic mass is 19.4. The molecule has 2 N–H and O–H groups in total. The molecule has 3 aromatic heterocycles. The molecule has 0 spiro atoms. The number of pyridine rings is 1. The van der Waals surface area contributed by atoms with Gasteiger partial charge in [0.2, 0.25) is 11.7 Å². The minimum atomic E-state index is -4.78. The number of rotatable bonds is 6. The van der Waals surface area contributed by atoms with Gasteiger partial charge in [-0.3, -0.25) is 9.20 Å². The van der Waals surface area contributed by atoms with E-state index in [1.165, 1.54) is 28.9 Å². The van der Waals surface area contributed by atoms with Gasteiger partial charge in [0.25, 0.3) is 5.91 Å². The summed E-state index contributed by atoms with van der Waals surface area (Å²) >= 11 is 0. The lowest BCUT2D eigenvalue weighted by atomic mass is 10.00. The van der Waals surface area contributed by atoms with E-state index < -0.39 is 29.9 Å². The van der Waals surface area contributed by atoms with Crippen molar-refractivity contribution in [1.82, 2.24) is 19.5 Å². The zero-order chi connectivity index (χ0) is 24.7. The molecule has 0 aliphatic carbocycles. The molecule has 0 fully saturated rings. The topological polar surface area (TPSA) is 106 Å². The lowest BCUT2D eigenvalue weighted by Gasteiger charge is -2.25. The summed E-state index contributed by atoms with van der Waals surface area (Å²) in [4.78, 5) is 20.9. The largest absolute Gasteiger partial charge is 0.416 e. The van der Waals surface area contributed by atoms with Gasteiger partial charge in [-0.15, -0.1) is 0 Å². The van der Waals surface area contributed by atoms with E-state index in [1.807, 2.05) is 0 Å². The van der Waals surface area contributed by atoms with Crippen LogP contribution in [0.4, 0.5) is 23.2 Å². The number of nitrogens with one attached hydrogen (secondary N) is 1. The molecule has 34 heavy (non-hydrogen) atoms. The number of imidazole rings is 1. The van der Waals surface area contributed by atoms with Gasteiger partial charge in [-0.25, -0.2) is 9.37 Å². The number of aromatic nitrogens is 4. The first kappa shape index (κ1) is 23.4. The number of hydrogen-bond acceptors (Lipinski definition) is 6. The predicted molar refractivity (Wildman–Crippen MR) is 113 cm³/mol. The molecule has 0 saturated heterocycles. The molecule has 0 bridgehead atoms. The van der Waals surface area contributed by atoms with Crippen molar-refractivity contribution >= 4 is 17.2 Å². The molecule has 1 atom stereocenters. The molecule has 178 valence electrons. The van der Waals surface area contributed by atoms with Crippen molar-refractivity contribution in [2.75, 3.05) is 5.32 Å². The van der Waals surface area contributed by atoms with E-state index in [-0.39, 0.29) is 29.5 Å². The fraction of sp³-hybridized carbons (Fsp3) is 0.273. The van der Waals surface area contributed by atoms with Crippen LogP contribution < -0.4 is 5.32 Å². The zero-order valence-electron chi connectivity index (χ0n) is 18.0. The highest BCUT2D eigenvalue weighted by Crippen LogP contribution is 2.33. The molecule has 4 rings (SSSR count). The van der Waals surface area contributed by atoms with Crippen molar-refractivity contribution in [3.63, 3.8) is 0 Å². The third kappa shape index (κ3) is 4.62. The van der Waals surface area contributed by atoms with Crippen LogP contribution in [-0.2, 0) is 6.42 Å². The zero-order valence-corrected chi connectivity index (χ0v) is 18.0. The summed E-state index contributed by atoms with van der Waals surface area (Å²) in [6.07, 6.45) is -2.98. The van der Waals surface area contributed by atoms with Crippen LogP contribution >= 0.6 is 0 Å². The summed E-state index contributed by atoms with van der Waals surface area (Å²) in [7, 11) is 0. The smallest absolute Gasteiger partial charge is 0.381 e. The van der Waals surface area contributed by atoms with Gasteiger partial charge in [-0.05, 0) is 38.0 Å². The number of alkyl halides is 3. The van der Waals surface area contributed by atoms with E-state index in [2.05, 4.69) is 20.4 Å². The second kappa shape index (κ2) is 8.52. The Hall–Kier alpha value is -3.80. The van der Waals surface area contributed by atoms with Gasteiger partial charge in [-0.1, -0.05) is 17.3 Å². The molecule has 3 heterocycles. The number of nitrogens with zero attached hydrogens (tertiary/aromatic N) is 4. The van der Waals surface area contributed by atoms with E-state index in [0.717, 1.165) is 5.56 Å². The second-order valence-corrected chi connectivity index (χ2v) is 7.98. The van der Waals surface area contributed by atoms with E-state index >= 15 is 0 Å². The fourth-order valence-electron chi connectivity index (χ4n) is 3.17. The summed E-state index contributed by atoms with van der Waals surface area (Å²) in [5.74, 6) is -0.913. The number of anilines is 1. The van der Waals surface area contributed by atoms with Crippen molar-refractivity contribution in [3.8, 4) is 11.4 Å². The van der Waals surface area contributed by atoms with Crippen LogP contribution in [0.2, 0.25) is 0 Å². The summed E-state index contributed by atoms with van der Waals surface area (Å²) < 4.78 is 58.3. The van der Waals surface area contributed by atoms with E-state index in [0.29, 0.717) is 18.2 Å². The molecule has 0 radical (unpaired) electrons. The summed E-state index contributed by atoms with van der Waals surface area (Å²) in [5.41, 5.74) is -0.795. The van der Waals surface area contributed by atoms with Crippen LogP contribution in [0.5, 0.6) is 0 Å².